The molecule has 1 fully saturated rings. The van der Waals surface area contributed by atoms with E-state index >= 15 is 0 Å². The second-order valence-electron chi connectivity index (χ2n) is 5.97. The van der Waals surface area contributed by atoms with Crippen molar-refractivity contribution in [3.63, 3.8) is 0 Å². The average molecular weight is 347 g/mol. The van der Waals surface area contributed by atoms with E-state index in [1.54, 1.807) is 13.1 Å². The van der Waals surface area contributed by atoms with Gasteiger partial charge in [-0.1, -0.05) is 5.16 Å². The second-order valence-corrected chi connectivity index (χ2v) is 5.97. The number of nitrogens with one attached hydrogen (secondary N) is 2. The van der Waals surface area contributed by atoms with E-state index in [4.69, 9.17) is 4.52 Å². The van der Waals surface area contributed by atoms with Gasteiger partial charge >= 0.3 is 6.18 Å². The van der Waals surface area contributed by atoms with Crippen molar-refractivity contribution in [2.75, 3.05) is 33.2 Å². The largest absolute Gasteiger partial charge is 0.401 e. The Bertz CT molecular complexity index is 496. The monoisotopic (exact) mass is 347 g/mol. The first-order chi connectivity index (χ1) is 11.5. The Labute approximate surface area is 139 Å². The van der Waals surface area contributed by atoms with E-state index in [0.717, 1.165) is 31.5 Å². The van der Waals surface area contributed by atoms with Crippen LogP contribution in [0.3, 0.4) is 0 Å². The van der Waals surface area contributed by atoms with Gasteiger partial charge in [-0.05, 0) is 38.3 Å². The molecular weight excluding hydrogens is 323 g/mol. The van der Waals surface area contributed by atoms with E-state index in [1.807, 2.05) is 0 Å². The molecule has 0 unspecified atom stereocenters. The predicted octanol–water partition coefficient (Wildman–Crippen LogP) is 2.00. The van der Waals surface area contributed by atoms with Gasteiger partial charge in [0.2, 0.25) is 0 Å². The minimum absolute atomic E-state index is 0.454. The van der Waals surface area contributed by atoms with Crippen molar-refractivity contribution in [1.82, 2.24) is 20.7 Å². The van der Waals surface area contributed by atoms with Crippen LogP contribution in [0.4, 0.5) is 13.2 Å². The number of rotatable bonds is 6. The molecule has 1 aromatic rings. The van der Waals surface area contributed by atoms with Crippen molar-refractivity contribution < 1.29 is 17.7 Å². The number of likely N-dealkylation sites (tertiary alicyclic amines) is 1. The molecule has 6 nitrogen and oxygen atoms in total. The third-order valence-corrected chi connectivity index (χ3v) is 4.11. The number of halogens is 3. The summed E-state index contributed by atoms with van der Waals surface area (Å²) < 4.78 is 41.8. The molecule has 0 amide bonds. The minimum Gasteiger partial charge on any atom is -0.364 e. The van der Waals surface area contributed by atoms with Crippen molar-refractivity contribution in [1.29, 1.82) is 0 Å². The highest BCUT2D eigenvalue weighted by Crippen LogP contribution is 2.23. The Morgan fingerprint density at radius 3 is 2.71 bits per heavy atom. The number of hydrogen-bond donors (Lipinski definition) is 2. The van der Waals surface area contributed by atoms with Crippen LogP contribution in [0.15, 0.2) is 21.8 Å². The third kappa shape index (κ3) is 6.77. The van der Waals surface area contributed by atoms with Crippen LogP contribution in [0.1, 0.15) is 25.0 Å². The van der Waals surface area contributed by atoms with Crippen LogP contribution in [-0.2, 0) is 6.54 Å². The van der Waals surface area contributed by atoms with Crippen LogP contribution < -0.4 is 10.6 Å². The number of aromatic nitrogens is 1. The van der Waals surface area contributed by atoms with E-state index in [2.05, 4.69) is 20.8 Å². The van der Waals surface area contributed by atoms with E-state index in [0.29, 0.717) is 31.5 Å². The summed E-state index contributed by atoms with van der Waals surface area (Å²) in [5.41, 5.74) is 0.787. The van der Waals surface area contributed by atoms with Gasteiger partial charge < -0.3 is 15.2 Å². The van der Waals surface area contributed by atoms with Gasteiger partial charge in [0, 0.05) is 19.7 Å². The molecule has 2 rings (SSSR count). The first-order valence-electron chi connectivity index (χ1n) is 8.09. The molecule has 1 saturated heterocycles. The molecule has 1 aromatic heterocycles. The Kier molecular flexibility index (Phi) is 6.89. The topological polar surface area (TPSA) is 65.7 Å². The molecule has 0 radical (unpaired) electrons. The van der Waals surface area contributed by atoms with Gasteiger partial charge in [0.05, 0.1) is 13.1 Å². The number of piperidine rings is 1. The molecule has 136 valence electrons. The average Bonchev–Trinajstić information content (AvgIpc) is 3.04. The van der Waals surface area contributed by atoms with Crippen molar-refractivity contribution >= 4 is 5.96 Å². The maximum Gasteiger partial charge on any atom is 0.401 e. The molecule has 0 aliphatic carbocycles. The minimum atomic E-state index is -4.10. The Hall–Kier alpha value is -1.77. The first kappa shape index (κ1) is 18.6. The predicted molar refractivity (Wildman–Crippen MR) is 84.5 cm³/mol. The summed E-state index contributed by atoms with van der Waals surface area (Å²) in [7, 11) is 1.69. The quantitative estimate of drug-likeness (QED) is 0.609. The fraction of sp³-hybridized carbons (Fsp3) is 0.733. The van der Waals surface area contributed by atoms with E-state index in [9.17, 15) is 13.2 Å². The van der Waals surface area contributed by atoms with Gasteiger partial charge in [-0.3, -0.25) is 9.89 Å². The molecular formula is C15H24F3N5O. The number of guanidine groups is 1. The standard InChI is InChI=1S/C15H24F3N5O/c1-19-14(21-10-13-5-9-24-22-13)20-6-2-12-3-7-23(8-4-12)11-15(16,17)18/h5,9,12H,2-4,6-8,10-11H2,1H3,(H2,19,20,21). The molecule has 0 aromatic carbocycles. The van der Waals surface area contributed by atoms with Crippen LogP contribution in [-0.4, -0.2) is 55.4 Å². The smallest absolute Gasteiger partial charge is 0.364 e. The van der Waals surface area contributed by atoms with Crippen molar-refractivity contribution in [3.05, 3.63) is 18.0 Å². The summed E-state index contributed by atoms with van der Waals surface area (Å²) in [5.74, 6) is 1.13. The van der Waals surface area contributed by atoms with Crippen molar-refractivity contribution in [2.45, 2.75) is 32.0 Å². The van der Waals surface area contributed by atoms with Gasteiger partial charge in [-0.25, -0.2) is 0 Å². The fourth-order valence-corrected chi connectivity index (χ4v) is 2.81. The zero-order valence-electron chi connectivity index (χ0n) is 13.8. The summed E-state index contributed by atoms with van der Waals surface area (Å²) >= 11 is 0. The van der Waals surface area contributed by atoms with Crippen LogP contribution >= 0.6 is 0 Å². The van der Waals surface area contributed by atoms with E-state index in [1.165, 1.54) is 11.2 Å². The molecule has 0 saturated carbocycles. The highest BCUT2D eigenvalue weighted by atomic mass is 19.4. The SMILES string of the molecule is CN=C(NCCC1CCN(CC(F)(F)F)CC1)NCc1ccon1. The Morgan fingerprint density at radius 1 is 1.38 bits per heavy atom. The Morgan fingerprint density at radius 2 is 2.12 bits per heavy atom. The molecule has 24 heavy (non-hydrogen) atoms. The highest BCUT2D eigenvalue weighted by Gasteiger charge is 2.32. The van der Waals surface area contributed by atoms with Gasteiger partial charge in [-0.15, -0.1) is 0 Å². The van der Waals surface area contributed by atoms with Crippen LogP contribution in [0.2, 0.25) is 0 Å². The van der Waals surface area contributed by atoms with Crippen LogP contribution in [0.25, 0.3) is 0 Å². The summed E-state index contributed by atoms with van der Waals surface area (Å²) in [4.78, 5) is 5.61. The lowest BCUT2D eigenvalue weighted by Crippen LogP contribution is -2.41. The molecule has 1 aliphatic rings. The van der Waals surface area contributed by atoms with Gasteiger partial charge in [0.1, 0.15) is 12.0 Å². The van der Waals surface area contributed by atoms with Crippen molar-refractivity contribution in [2.24, 2.45) is 10.9 Å². The molecule has 2 N–H and O–H groups in total. The zero-order valence-corrected chi connectivity index (χ0v) is 13.8. The number of nitrogens with zero attached hydrogens (tertiary/aromatic N) is 3. The van der Waals surface area contributed by atoms with E-state index in [-0.39, 0.29) is 0 Å². The lowest BCUT2D eigenvalue weighted by molar-refractivity contribution is -0.148. The zero-order chi connectivity index (χ0) is 17.4. The summed E-state index contributed by atoms with van der Waals surface area (Å²) in [5, 5.41) is 10.1. The maximum atomic E-state index is 12.4. The van der Waals surface area contributed by atoms with Crippen LogP contribution in [0.5, 0.6) is 0 Å². The highest BCUT2D eigenvalue weighted by molar-refractivity contribution is 5.79. The second kappa shape index (κ2) is 8.91. The molecule has 1 aliphatic heterocycles. The summed E-state index contributed by atoms with van der Waals surface area (Å²) in [6.07, 6.45) is -0.0509. The number of alkyl halides is 3. The van der Waals surface area contributed by atoms with E-state index < -0.39 is 12.7 Å². The van der Waals surface area contributed by atoms with Crippen LogP contribution in [0, 0.1) is 5.92 Å². The molecule has 0 bridgehead atoms. The molecule has 9 heteroatoms. The first-order valence-corrected chi connectivity index (χ1v) is 8.09. The number of hydrogen-bond acceptors (Lipinski definition) is 4. The maximum absolute atomic E-state index is 12.4. The molecule has 0 atom stereocenters. The van der Waals surface area contributed by atoms with Crippen molar-refractivity contribution in [3.8, 4) is 0 Å². The normalized spacial score (nSPS) is 17.9. The summed E-state index contributed by atoms with van der Waals surface area (Å²) in [6.45, 7) is 1.50. The van der Waals surface area contributed by atoms with Gasteiger partial charge in [0.25, 0.3) is 0 Å². The lowest BCUT2D eigenvalue weighted by Gasteiger charge is -2.32. The van der Waals surface area contributed by atoms with Gasteiger partial charge in [0.15, 0.2) is 5.96 Å². The van der Waals surface area contributed by atoms with Gasteiger partial charge in [-0.2, -0.15) is 13.2 Å². The summed E-state index contributed by atoms with van der Waals surface area (Å²) in [6, 6.07) is 1.77. The molecule has 2 heterocycles. The fourth-order valence-electron chi connectivity index (χ4n) is 2.81. The number of aliphatic imine (C=N–C) groups is 1. The molecule has 0 spiro atoms. The lowest BCUT2D eigenvalue weighted by atomic mass is 9.93. The third-order valence-electron chi connectivity index (χ3n) is 4.11. The Balaban J connectivity index is 1.60.